The standard InChI is InChI=1S/C15H19NO4S/c1-10-9-12(13(17)18)21-11(10)7-5-6-8-16-14(19)20-15(2,3)4/h9H,6,8H2,1-4H3,(H,16,19)(H,17,18). The highest BCUT2D eigenvalue weighted by Gasteiger charge is 2.15. The molecule has 21 heavy (non-hydrogen) atoms. The molecule has 6 heteroatoms. The summed E-state index contributed by atoms with van der Waals surface area (Å²) in [5.41, 5.74) is 0.335. The fourth-order valence-electron chi connectivity index (χ4n) is 1.40. The highest BCUT2D eigenvalue weighted by atomic mass is 32.1. The maximum absolute atomic E-state index is 11.4. The number of hydrogen-bond acceptors (Lipinski definition) is 4. The largest absolute Gasteiger partial charge is 0.477 e. The molecule has 1 heterocycles. The summed E-state index contributed by atoms with van der Waals surface area (Å²) in [6.45, 7) is 7.61. The number of nitrogens with one attached hydrogen (secondary N) is 1. The molecule has 2 N–H and O–H groups in total. The summed E-state index contributed by atoms with van der Waals surface area (Å²) >= 11 is 1.15. The van der Waals surface area contributed by atoms with Gasteiger partial charge in [0.05, 0.1) is 4.88 Å². The van der Waals surface area contributed by atoms with Gasteiger partial charge in [0.15, 0.2) is 0 Å². The van der Waals surface area contributed by atoms with Crippen LogP contribution in [0.2, 0.25) is 0 Å². The molecule has 1 aromatic heterocycles. The van der Waals surface area contributed by atoms with E-state index in [1.165, 1.54) is 0 Å². The molecule has 0 saturated heterocycles. The molecule has 0 bridgehead atoms. The van der Waals surface area contributed by atoms with Gasteiger partial charge in [0.2, 0.25) is 0 Å². The van der Waals surface area contributed by atoms with Crippen LogP contribution >= 0.6 is 11.3 Å². The summed E-state index contributed by atoms with van der Waals surface area (Å²) in [5.74, 6) is 4.89. The van der Waals surface area contributed by atoms with Crippen LogP contribution in [-0.4, -0.2) is 29.3 Å². The van der Waals surface area contributed by atoms with Gasteiger partial charge in [0.25, 0.3) is 0 Å². The summed E-state index contributed by atoms with van der Waals surface area (Å²) < 4.78 is 5.09. The maximum atomic E-state index is 11.4. The van der Waals surface area contributed by atoms with Crippen LogP contribution < -0.4 is 5.32 Å². The van der Waals surface area contributed by atoms with Crippen molar-refractivity contribution in [3.63, 3.8) is 0 Å². The second-order valence-electron chi connectivity index (χ2n) is 5.41. The molecule has 1 amide bonds. The van der Waals surface area contributed by atoms with Gasteiger partial charge >= 0.3 is 12.1 Å². The van der Waals surface area contributed by atoms with Crippen LogP contribution in [0.5, 0.6) is 0 Å². The topological polar surface area (TPSA) is 75.6 Å². The van der Waals surface area contributed by atoms with Crippen LogP contribution in [0.15, 0.2) is 6.07 Å². The van der Waals surface area contributed by atoms with E-state index >= 15 is 0 Å². The SMILES string of the molecule is Cc1cc(C(=O)O)sc1C#CCCNC(=O)OC(C)(C)C. The second kappa shape index (κ2) is 7.14. The lowest BCUT2D eigenvalue weighted by atomic mass is 10.2. The Balaban J connectivity index is 2.44. The zero-order valence-electron chi connectivity index (χ0n) is 12.6. The number of carbonyl (C=O) groups is 2. The highest BCUT2D eigenvalue weighted by molar-refractivity contribution is 7.14. The van der Waals surface area contributed by atoms with Crippen molar-refractivity contribution < 1.29 is 19.4 Å². The normalized spacial score (nSPS) is 10.5. The molecular formula is C15H19NO4S. The smallest absolute Gasteiger partial charge is 0.407 e. The van der Waals surface area contributed by atoms with E-state index in [1.54, 1.807) is 26.8 Å². The zero-order valence-corrected chi connectivity index (χ0v) is 13.4. The number of hydrogen-bond donors (Lipinski definition) is 2. The molecule has 5 nitrogen and oxygen atoms in total. The Morgan fingerprint density at radius 2 is 2.10 bits per heavy atom. The van der Waals surface area contributed by atoms with E-state index in [0.29, 0.717) is 13.0 Å². The van der Waals surface area contributed by atoms with Crippen LogP contribution in [-0.2, 0) is 4.74 Å². The van der Waals surface area contributed by atoms with Gasteiger partial charge in [-0.25, -0.2) is 9.59 Å². The van der Waals surface area contributed by atoms with Gasteiger partial charge in [-0.2, -0.15) is 0 Å². The Labute approximate surface area is 128 Å². The molecule has 0 fully saturated rings. The lowest BCUT2D eigenvalue weighted by molar-refractivity contribution is 0.0528. The summed E-state index contributed by atoms with van der Waals surface area (Å²) in [6.07, 6.45) is 0.00341. The lowest BCUT2D eigenvalue weighted by Crippen LogP contribution is -2.32. The number of alkyl carbamates (subject to hydrolysis) is 1. The lowest BCUT2D eigenvalue weighted by Gasteiger charge is -2.19. The van der Waals surface area contributed by atoms with E-state index in [-0.39, 0.29) is 4.88 Å². The number of aromatic carboxylic acids is 1. The molecular weight excluding hydrogens is 290 g/mol. The first-order chi connectivity index (χ1) is 9.69. The van der Waals surface area contributed by atoms with Crippen molar-refractivity contribution in [1.29, 1.82) is 0 Å². The average molecular weight is 309 g/mol. The number of ether oxygens (including phenoxy) is 1. The van der Waals surface area contributed by atoms with Gasteiger partial charge in [0.1, 0.15) is 10.5 Å². The predicted octanol–water partition coefficient (Wildman–Crippen LogP) is 3.02. The molecule has 0 unspecified atom stereocenters. The van der Waals surface area contributed by atoms with Crippen molar-refractivity contribution in [3.05, 3.63) is 21.4 Å². The first-order valence-corrected chi connectivity index (χ1v) is 7.30. The monoisotopic (exact) mass is 309 g/mol. The Hall–Kier alpha value is -2.00. The van der Waals surface area contributed by atoms with Crippen molar-refractivity contribution in [2.45, 2.75) is 39.7 Å². The van der Waals surface area contributed by atoms with Gasteiger partial charge < -0.3 is 15.2 Å². The Kier molecular flexibility index (Phi) is 5.79. The minimum absolute atomic E-state index is 0.281. The Bertz CT molecular complexity index is 587. The number of rotatable bonds is 3. The Morgan fingerprint density at radius 3 is 2.62 bits per heavy atom. The predicted molar refractivity (Wildman–Crippen MR) is 81.7 cm³/mol. The summed E-state index contributed by atoms with van der Waals surface area (Å²) in [7, 11) is 0. The molecule has 1 aromatic rings. The number of carboxylic acid groups (broad SMARTS) is 1. The molecule has 0 saturated carbocycles. The van der Waals surface area contributed by atoms with Gasteiger partial charge in [-0.3, -0.25) is 0 Å². The second-order valence-corrected chi connectivity index (χ2v) is 6.46. The van der Waals surface area contributed by atoms with E-state index < -0.39 is 17.7 Å². The molecule has 0 aromatic carbocycles. The van der Waals surface area contributed by atoms with Crippen molar-refractivity contribution in [1.82, 2.24) is 5.32 Å². The van der Waals surface area contributed by atoms with Gasteiger partial charge in [-0.05, 0) is 39.3 Å². The van der Waals surface area contributed by atoms with Crippen LogP contribution in [0.1, 0.15) is 47.3 Å². The molecule has 0 radical (unpaired) electrons. The van der Waals surface area contributed by atoms with E-state index in [4.69, 9.17) is 9.84 Å². The third-order valence-corrected chi connectivity index (χ3v) is 3.39. The first-order valence-electron chi connectivity index (χ1n) is 6.48. The van der Waals surface area contributed by atoms with Crippen LogP contribution in [0, 0.1) is 18.8 Å². The van der Waals surface area contributed by atoms with Crippen molar-refractivity contribution in [2.75, 3.05) is 6.54 Å². The van der Waals surface area contributed by atoms with E-state index in [0.717, 1.165) is 21.8 Å². The van der Waals surface area contributed by atoms with Crippen LogP contribution in [0.3, 0.4) is 0 Å². The molecule has 1 rings (SSSR count). The summed E-state index contributed by atoms with van der Waals surface area (Å²) in [6, 6.07) is 1.61. The highest BCUT2D eigenvalue weighted by Crippen LogP contribution is 2.20. The van der Waals surface area contributed by atoms with E-state index in [9.17, 15) is 9.59 Å². The van der Waals surface area contributed by atoms with Crippen LogP contribution in [0.4, 0.5) is 4.79 Å². The molecule has 114 valence electrons. The summed E-state index contributed by atoms with van der Waals surface area (Å²) in [5, 5.41) is 11.5. The fraction of sp³-hybridized carbons (Fsp3) is 0.467. The molecule has 0 spiro atoms. The molecule has 0 atom stereocenters. The van der Waals surface area contributed by atoms with Crippen molar-refractivity contribution in [2.24, 2.45) is 0 Å². The van der Waals surface area contributed by atoms with Gasteiger partial charge in [0, 0.05) is 13.0 Å². The number of thiophene rings is 1. The first kappa shape index (κ1) is 17.1. The maximum Gasteiger partial charge on any atom is 0.407 e. The third kappa shape index (κ3) is 6.32. The van der Waals surface area contributed by atoms with Gasteiger partial charge in [-0.15, -0.1) is 11.3 Å². The number of carbonyl (C=O) groups excluding carboxylic acids is 1. The van der Waals surface area contributed by atoms with Crippen LogP contribution in [0.25, 0.3) is 0 Å². The molecule has 0 aliphatic rings. The zero-order chi connectivity index (χ0) is 16.0. The number of carboxylic acids is 1. The van der Waals surface area contributed by atoms with E-state index in [1.807, 2.05) is 6.92 Å². The quantitative estimate of drug-likeness (QED) is 0.665. The minimum atomic E-state index is -0.942. The average Bonchev–Trinajstić information content (AvgIpc) is 2.68. The fourth-order valence-corrected chi connectivity index (χ4v) is 2.28. The van der Waals surface area contributed by atoms with Crippen molar-refractivity contribution >= 4 is 23.4 Å². The number of aryl methyl sites for hydroxylation is 1. The van der Waals surface area contributed by atoms with Gasteiger partial charge in [-0.1, -0.05) is 11.8 Å². The third-order valence-electron chi connectivity index (χ3n) is 2.25. The van der Waals surface area contributed by atoms with Crippen molar-refractivity contribution in [3.8, 4) is 11.8 Å². The molecule has 0 aliphatic carbocycles. The minimum Gasteiger partial charge on any atom is -0.477 e. The van der Waals surface area contributed by atoms with E-state index in [2.05, 4.69) is 17.2 Å². The number of amides is 1. The molecule has 0 aliphatic heterocycles. The summed E-state index contributed by atoms with van der Waals surface area (Å²) in [4.78, 5) is 23.2. The Morgan fingerprint density at radius 1 is 1.43 bits per heavy atom.